The molecule has 2 rings (SSSR count). The molecule has 18 heavy (non-hydrogen) atoms. The lowest BCUT2D eigenvalue weighted by Gasteiger charge is -2.16. The van der Waals surface area contributed by atoms with E-state index in [0.29, 0.717) is 17.1 Å². The SMILES string of the molecule is COc1cccc(C2OC(N)=C(O)C2=O)c1OC. The topological polar surface area (TPSA) is 91.0 Å². The van der Waals surface area contributed by atoms with Crippen LogP contribution < -0.4 is 15.2 Å². The van der Waals surface area contributed by atoms with Crippen LogP contribution in [0.4, 0.5) is 0 Å². The van der Waals surface area contributed by atoms with Gasteiger partial charge >= 0.3 is 0 Å². The van der Waals surface area contributed by atoms with Crippen LogP contribution in [-0.4, -0.2) is 25.1 Å². The molecule has 0 aromatic heterocycles. The summed E-state index contributed by atoms with van der Waals surface area (Å²) in [7, 11) is 2.94. The van der Waals surface area contributed by atoms with Gasteiger partial charge in [-0.05, 0) is 6.07 Å². The Labute approximate surface area is 104 Å². The third kappa shape index (κ3) is 1.71. The molecule has 1 heterocycles. The zero-order valence-electron chi connectivity index (χ0n) is 9.97. The molecule has 6 nitrogen and oxygen atoms in total. The number of methoxy groups -OCH3 is 2. The fourth-order valence-corrected chi connectivity index (χ4v) is 1.81. The molecule has 6 heteroatoms. The fourth-order valence-electron chi connectivity index (χ4n) is 1.81. The van der Waals surface area contributed by atoms with Gasteiger partial charge in [-0.1, -0.05) is 12.1 Å². The number of aliphatic hydroxyl groups excluding tert-OH is 1. The molecule has 0 saturated heterocycles. The number of rotatable bonds is 3. The normalized spacial score (nSPS) is 18.8. The minimum Gasteiger partial charge on any atom is -0.501 e. The van der Waals surface area contributed by atoms with Crippen LogP contribution in [0.15, 0.2) is 29.8 Å². The lowest BCUT2D eigenvalue weighted by atomic mass is 10.0. The van der Waals surface area contributed by atoms with E-state index >= 15 is 0 Å². The Hall–Kier alpha value is -2.37. The molecule has 1 aliphatic heterocycles. The van der Waals surface area contributed by atoms with Gasteiger partial charge in [0.15, 0.2) is 17.6 Å². The summed E-state index contributed by atoms with van der Waals surface area (Å²) in [6.45, 7) is 0. The summed E-state index contributed by atoms with van der Waals surface area (Å²) in [5, 5.41) is 9.40. The van der Waals surface area contributed by atoms with Crippen molar-refractivity contribution in [2.24, 2.45) is 5.73 Å². The molecule has 0 radical (unpaired) electrons. The number of nitrogens with two attached hydrogens (primary N) is 1. The van der Waals surface area contributed by atoms with Crippen molar-refractivity contribution in [3.8, 4) is 11.5 Å². The number of carbonyl (C=O) groups is 1. The van der Waals surface area contributed by atoms with Crippen LogP contribution in [0.2, 0.25) is 0 Å². The van der Waals surface area contributed by atoms with Gasteiger partial charge in [-0.15, -0.1) is 0 Å². The van der Waals surface area contributed by atoms with Crippen LogP contribution in [-0.2, 0) is 9.53 Å². The number of carbonyl (C=O) groups excluding carboxylic acids is 1. The van der Waals surface area contributed by atoms with Crippen LogP contribution >= 0.6 is 0 Å². The third-order valence-electron chi connectivity index (χ3n) is 2.67. The number of para-hydroxylation sites is 1. The summed E-state index contributed by atoms with van der Waals surface area (Å²) in [5.41, 5.74) is 5.83. The minimum atomic E-state index is -1.00. The number of ketones is 1. The first kappa shape index (κ1) is 12.1. The summed E-state index contributed by atoms with van der Waals surface area (Å²) in [6.07, 6.45) is -1.00. The number of hydrogen-bond donors (Lipinski definition) is 2. The van der Waals surface area contributed by atoms with Gasteiger partial charge in [0.2, 0.25) is 17.4 Å². The Morgan fingerprint density at radius 3 is 2.56 bits per heavy atom. The van der Waals surface area contributed by atoms with E-state index in [4.69, 9.17) is 19.9 Å². The molecule has 0 aliphatic carbocycles. The first-order valence-corrected chi connectivity index (χ1v) is 5.20. The van der Waals surface area contributed by atoms with Crippen LogP contribution in [0.3, 0.4) is 0 Å². The molecular formula is C12H13NO5. The Morgan fingerprint density at radius 1 is 1.33 bits per heavy atom. The molecule has 96 valence electrons. The molecule has 1 aromatic rings. The lowest BCUT2D eigenvalue weighted by molar-refractivity contribution is -0.123. The second-order valence-electron chi connectivity index (χ2n) is 3.66. The molecule has 1 aromatic carbocycles. The Kier molecular flexibility index (Phi) is 3.01. The molecule has 0 amide bonds. The second-order valence-corrected chi connectivity index (χ2v) is 3.66. The maximum atomic E-state index is 11.8. The number of hydrogen-bond acceptors (Lipinski definition) is 6. The molecule has 0 saturated carbocycles. The maximum absolute atomic E-state index is 11.8. The van der Waals surface area contributed by atoms with Gasteiger partial charge in [0.05, 0.1) is 14.2 Å². The Balaban J connectivity index is 2.45. The van der Waals surface area contributed by atoms with Gasteiger partial charge in [-0.2, -0.15) is 0 Å². The smallest absolute Gasteiger partial charge is 0.247 e. The number of Topliss-reactive ketones (excluding diaryl/α,β-unsaturated/α-hetero) is 1. The van der Waals surface area contributed by atoms with Crippen molar-refractivity contribution in [1.82, 2.24) is 0 Å². The van der Waals surface area contributed by atoms with Crippen molar-refractivity contribution in [3.05, 3.63) is 35.4 Å². The predicted molar refractivity (Wildman–Crippen MR) is 62.2 cm³/mol. The third-order valence-corrected chi connectivity index (χ3v) is 2.67. The van der Waals surface area contributed by atoms with Crippen LogP contribution in [0.25, 0.3) is 0 Å². The molecule has 0 fully saturated rings. The number of aliphatic hydroxyl groups is 1. The molecular weight excluding hydrogens is 238 g/mol. The van der Waals surface area contributed by atoms with E-state index in [1.165, 1.54) is 14.2 Å². The van der Waals surface area contributed by atoms with E-state index in [9.17, 15) is 9.90 Å². The highest BCUT2D eigenvalue weighted by Gasteiger charge is 2.37. The largest absolute Gasteiger partial charge is 0.501 e. The van der Waals surface area contributed by atoms with Gasteiger partial charge in [0.25, 0.3) is 0 Å². The molecule has 0 bridgehead atoms. The second kappa shape index (κ2) is 4.48. The van der Waals surface area contributed by atoms with Crippen molar-refractivity contribution in [2.45, 2.75) is 6.10 Å². The minimum absolute atomic E-state index is 0.283. The molecule has 1 unspecified atom stereocenters. The molecule has 1 atom stereocenters. The van der Waals surface area contributed by atoms with E-state index in [1.54, 1.807) is 18.2 Å². The fraction of sp³-hybridized carbons (Fsp3) is 0.250. The van der Waals surface area contributed by atoms with Crippen molar-refractivity contribution in [3.63, 3.8) is 0 Å². The van der Waals surface area contributed by atoms with Gasteiger partial charge in [0, 0.05) is 5.56 Å². The van der Waals surface area contributed by atoms with E-state index in [0.717, 1.165) is 0 Å². The van der Waals surface area contributed by atoms with E-state index < -0.39 is 17.6 Å². The zero-order valence-corrected chi connectivity index (χ0v) is 9.97. The van der Waals surface area contributed by atoms with Crippen LogP contribution in [0.1, 0.15) is 11.7 Å². The Morgan fingerprint density at radius 2 is 2.06 bits per heavy atom. The summed E-state index contributed by atoms with van der Waals surface area (Å²) in [4.78, 5) is 11.8. The number of benzene rings is 1. The Bertz CT molecular complexity index is 523. The van der Waals surface area contributed by atoms with Gasteiger partial charge in [0.1, 0.15) is 0 Å². The highest BCUT2D eigenvalue weighted by Crippen LogP contribution is 2.39. The summed E-state index contributed by atoms with van der Waals surface area (Å²) >= 11 is 0. The summed E-state index contributed by atoms with van der Waals surface area (Å²) in [5.74, 6) is -0.601. The van der Waals surface area contributed by atoms with E-state index in [-0.39, 0.29) is 5.88 Å². The zero-order chi connectivity index (χ0) is 13.3. The quantitative estimate of drug-likeness (QED) is 0.833. The van der Waals surface area contributed by atoms with Crippen molar-refractivity contribution in [2.75, 3.05) is 14.2 Å². The van der Waals surface area contributed by atoms with Crippen molar-refractivity contribution < 1.29 is 24.1 Å². The van der Waals surface area contributed by atoms with Crippen LogP contribution in [0.5, 0.6) is 11.5 Å². The molecule has 3 N–H and O–H groups in total. The first-order valence-electron chi connectivity index (χ1n) is 5.20. The molecule has 0 spiro atoms. The standard InChI is InChI=1S/C12H13NO5/c1-16-7-5-3-4-6(10(7)17-2)11-8(14)9(15)12(13)18-11/h3-5,11,15H,13H2,1-2H3. The van der Waals surface area contributed by atoms with Gasteiger partial charge in [-0.25, -0.2) is 0 Å². The lowest BCUT2D eigenvalue weighted by Crippen LogP contribution is -2.11. The van der Waals surface area contributed by atoms with E-state index in [1.807, 2.05) is 0 Å². The average Bonchev–Trinajstić information content (AvgIpc) is 2.65. The highest BCUT2D eigenvalue weighted by molar-refractivity contribution is 6.00. The maximum Gasteiger partial charge on any atom is 0.247 e. The number of ether oxygens (including phenoxy) is 3. The van der Waals surface area contributed by atoms with E-state index in [2.05, 4.69) is 0 Å². The summed E-state index contributed by atoms with van der Waals surface area (Å²) < 4.78 is 15.5. The average molecular weight is 251 g/mol. The summed E-state index contributed by atoms with van der Waals surface area (Å²) in [6, 6.07) is 5.03. The van der Waals surface area contributed by atoms with Crippen molar-refractivity contribution in [1.29, 1.82) is 0 Å². The predicted octanol–water partition coefficient (Wildman–Crippen LogP) is 1.03. The monoisotopic (exact) mass is 251 g/mol. The van der Waals surface area contributed by atoms with Gasteiger partial charge < -0.3 is 25.1 Å². The first-order chi connectivity index (χ1) is 8.60. The van der Waals surface area contributed by atoms with Gasteiger partial charge in [-0.3, -0.25) is 4.79 Å². The van der Waals surface area contributed by atoms with Crippen LogP contribution in [0, 0.1) is 0 Å². The van der Waals surface area contributed by atoms with Crippen molar-refractivity contribution >= 4 is 5.78 Å². The molecule has 1 aliphatic rings. The highest BCUT2D eigenvalue weighted by atomic mass is 16.5.